The molecule has 13 nitrogen and oxygen atoms in total. The van der Waals surface area contributed by atoms with Crippen LogP contribution in [0.3, 0.4) is 0 Å². The van der Waals surface area contributed by atoms with E-state index < -0.39 is 0 Å². The molecule has 0 saturated carbocycles. The van der Waals surface area contributed by atoms with Crippen LogP contribution < -0.4 is 0 Å². The third-order valence-corrected chi connectivity index (χ3v) is 17.5. The number of hydrogen-bond donors (Lipinski definition) is 0. The van der Waals surface area contributed by atoms with Crippen molar-refractivity contribution in [3.8, 4) is 101 Å². The average Bonchev–Trinajstić information content (AvgIpc) is 0.931. The van der Waals surface area contributed by atoms with Gasteiger partial charge in [-0.25, -0.2) is 0 Å². The fourth-order valence-corrected chi connectivity index (χ4v) is 11.4. The summed E-state index contributed by atoms with van der Waals surface area (Å²) in [5.74, 6) is 0. The summed E-state index contributed by atoms with van der Waals surface area (Å²) in [6.07, 6.45) is 25.5. The Balaban J connectivity index is 0.000000139. The van der Waals surface area contributed by atoms with E-state index in [0.717, 1.165) is 85.0 Å². The van der Waals surface area contributed by atoms with Crippen LogP contribution in [0.2, 0.25) is 0 Å². The van der Waals surface area contributed by atoms with Gasteiger partial charge in [-0.1, -0.05) is 194 Å². The highest BCUT2D eigenvalue weighted by molar-refractivity contribution is 5.67. The molecule has 13 heterocycles. The smallest absolute Gasteiger partial charge is 0.0720 e. The van der Waals surface area contributed by atoms with Crippen molar-refractivity contribution in [2.45, 2.75) is 62.3 Å². The standard InChI is InChI=1S/5C12H11N.4C11H10N2/c1-10-5-7-11(8-6-10)12-4-2-3-9-13-12;1-10-6-5-9-12(13-10)11-7-3-2-4-8-11;1-10-9-12(7-8-13-10)11-5-3-2-4-6-11;1-10-7-8-12(9-13-10)11-5-3-2-4-6-11;1-10-7-8-12(13-9-10)11-5-3-2-4-6-11;1-9-8-11(4-7-13-9)10-2-5-12-6-3-10;1-9-4-2-6-11(13-9)10-5-3-7-12-8-10;1-9-7-10(4-6-13-9)11-3-2-5-12-8-11;1-9-3-2-4-11(13-9)10-5-7-12-8-6-10/h5*2-9H,1H3;4*2-8H,1H3. The Bertz CT molecular complexity index is 4990. The van der Waals surface area contributed by atoms with Gasteiger partial charge in [-0.3, -0.25) is 64.8 Å². The van der Waals surface area contributed by atoms with E-state index in [1.54, 1.807) is 37.2 Å². The molecule has 0 N–H and O–H groups in total. The molecule has 0 atom stereocenters. The largest absolute Gasteiger partial charge is 0.265 e. The molecule has 0 aliphatic heterocycles. The molecule has 13 heteroatoms. The molecule has 0 spiro atoms. The summed E-state index contributed by atoms with van der Waals surface area (Å²) in [5, 5.41) is 0. The molecular weight excluding hydrogens is 1430 g/mol. The van der Waals surface area contributed by atoms with E-state index in [1.807, 2.05) is 329 Å². The molecule has 0 bridgehead atoms. The second-order valence-electron chi connectivity index (χ2n) is 27.0. The molecule has 0 fully saturated rings. The van der Waals surface area contributed by atoms with Gasteiger partial charge in [-0.05, 0) is 241 Å². The Morgan fingerprint density at radius 2 is 0.487 bits per heavy atom. The van der Waals surface area contributed by atoms with Crippen molar-refractivity contribution < 1.29 is 0 Å². The maximum absolute atomic E-state index is 4.44. The van der Waals surface area contributed by atoms with Crippen LogP contribution >= 0.6 is 0 Å². The van der Waals surface area contributed by atoms with Crippen LogP contribution in [0.1, 0.15) is 51.0 Å². The Morgan fingerprint density at radius 3 is 0.897 bits per heavy atom. The fraction of sp³-hybridized carbons (Fsp3) is 0.0865. The van der Waals surface area contributed by atoms with E-state index in [1.165, 1.54) is 66.8 Å². The summed E-state index contributed by atoms with van der Waals surface area (Å²) in [7, 11) is 0. The first-order valence-corrected chi connectivity index (χ1v) is 38.5. The predicted molar refractivity (Wildman–Crippen MR) is 481 cm³/mol. The maximum atomic E-state index is 4.44. The zero-order chi connectivity index (χ0) is 81.9. The Labute approximate surface area is 689 Å². The maximum Gasteiger partial charge on any atom is 0.0720 e. The monoisotopic (exact) mass is 1530 g/mol. The molecule has 0 amide bonds. The first kappa shape index (κ1) is 84.5. The summed E-state index contributed by atoms with van der Waals surface area (Å²) in [4.78, 5) is 54.7. The number of benzene rings is 5. The molecule has 117 heavy (non-hydrogen) atoms. The van der Waals surface area contributed by atoms with Gasteiger partial charge in [0.1, 0.15) is 0 Å². The lowest BCUT2D eigenvalue weighted by atomic mass is 10.1. The number of hydrogen-bond acceptors (Lipinski definition) is 13. The summed E-state index contributed by atoms with van der Waals surface area (Å²) in [6.45, 7) is 18.1. The summed E-state index contributed by atoms with van der Waals surface area (Å²) >= 11 is 0. The van der Waals surface area contributed by atoms with Crippen LogP contribution in [0, 0.1) is 62.3 Å². The highest BCUT2D eigenvalue weighted by Gasteiger charge is 2.04. The minimum atomic E-state index is 0.980. The molecule has 0 aliphatic rings. The number of nitrogens with zero attached hydrogens (tertiary/aromatic N) is 13. The van der Waals surface area contributed by atoms with Crippen molar-refractivity contribution >= 4 is 0 Å². The Kier molecular flexibility index (Phi) is 33.8. The summed E-state index contributed by atoms with van der Waals surface area (Å²) < 4.78 is 0. The van der Waals surface area contributed by atoms with Gasteiger partial charge in [0.2, 0.25) is 0 Å². The number of aryl methyl sites for hydroxylation is 9. The van der Waals surface area contributed by atoms with E-state index in [4.69, 9.17) is 0 Å². The van der Waals surface area contributed by atoms with Crippen molar-refractivity contribution in [2.24, 2.45) is 0 Å². The van der Waals surface area contributed by atoms with Gasteiger partial charge in [0.05, 0.1) is 28.5 Å². The van der Waals surface area contributed by atoms with Gasteiger partial charge >= 0.3 is 0 Å². The highest BCUT2D eigenvalue weighted by Crippen LogP contribution is 2.24. The molecule has 0 saturated heterocycles. The van der Waals surface area contributed by atoms with Crippen LogP contribution in [0.4, 0.5) is 0 Å². The molecule has 0 aliphatic carbocycles. The minimum Gasteiger partial charge on any atom is -0.265 e. The predicted octanol–water partition coefficient (Wildman–Crippen LogP) is 25.1. The normalized spacial score (nSPS) is 9.92. The van der Waals surface area contributed by atoms with E-state index in [9.17, 15) is 0 Å². The van der Waals surface area contributed by atoms with Crippen LogP contribution in [0.5, 0.6) is 0 Å². The van der Waals surface area contributed by atoms with Crippen LogP contribution in [-0.2, 0) is 0 Å². The quantitative estimate of drug-likeness (QED) is 0.134. The third kappa shape index (κ3) is 29.6. The molecule has 576 valence electrons. The number of aromatic nitrogens is 13. The van der Waals surface area contributed by atoms with E-state index in [2.05, 4.69) is 175 Å². The van der Waals surface area contributed by atoms with Gasteiger partial charge in [0.15, 0.2) is 0 Å². The molecule has 0 unspecified atom stereocenters. The van der Waals surface area contributed by atoms with Gasteiger partial charge in [-0.15, -0.1) is 0 Å². The van der Waals surface area contributed by atoms with Crippen molar-refractivity contribution in [3.63, 3.8) is 0 Å². The SMILES string of the molecule is Cc1cc(-c2ccccc2)ccn1.Cc1cc(-c2cccnc2)ccn1.Cc1cc(-c2ccncc2)ccn1.Cc1ccc(-c2ccccc2)cn1.Cc1ccc(-c2ccccc2)nc1.Cc1ccc(-c2ccccn2)cc1.Cc1cccc(-c2ccccc2)n1.Cc1cccc(-c2cccnc2)n1.Cc1cccc(-c2ccncc2)n1. The summed E-state index contributed by atoms with van der Waals surface area (Å²) in [6, 6.07) is 110. The second kappa shape index (κ2) is 46.8. The first-order chi connectivity index (χ1) is 57.2. The van der Waals surface area contributed by atoms with E-state index in [-0.39, 0.29) is 0 Å². The van der Waals surface area contributed by atoms with Gasteiger partial charge in [-0.2, -0.15) is 0 Å². The second-order valence-corrected chi connectivity index (χ2v) is 27.0. The highest BCUT2D eigenvalue weighted by atomic mass is 14.7. The molecule has 5 aromatic carbocycles. The van der Waals surface area contributed by atoms with Crippen molar-refractivity contribution in [1.82, 2.24) is 64.8 Å². The van der Waals surface area contributed by atoms with Crippen molar-refractivity contribution in [3.05, 3.63) is 465 Å². The number of rotatable bonds is 9. The Morgan fingerprint density at radius 1 is 0.145 bits per heavy atom. The Hall–Kier alpha value is -15.0. The van der Waals surface area contributed by atoms with E-state index >= 15 is 0 Å². The van der Waals surface area contributed by atoms with Crippen molar-refractivity contribution in [1.29, 1.82) is 0 Å². The van der Waals surface area contributed by atoms with Crippen LogP contribution in [-0.4, -0.2) is 64.8 Å². The first-order valence-electron chi connectivity index (χ1n) is 38.5. The van der Waals surface area contributed by atoms with Crippen molar-refractivity contribution in [2.75, 3.05) is 0 Å². The molecule has 18 rings (SSSR count). The van der Waals surface area contributed by atoms with Crippen LogP contribution in [0.25, 0.3) is 101 Å². The van der Waals surface area contributed by atoms with Gasteiger partial charge in [0.25, 0.3) is 0 Å². The summed E-state index contributed by atoms with van der Waals surface area (Å²) in [5.41, 5.74) is 30.1. The lowest BCUT2D eigenvalue weighted by Crippen LogP contribution is -1.85. The average molecular weight is 1530 g/mol. The lowest BCUT2D eigenvalue weighted by molar-refractivity contribution is 1.19. The van der Waals surface area contributed by atoms with Gasteiger partial charge < -0.3 is 0 Å². The van der Waals surface area contributed by atoms with Gasteiger partial charge in [0, 0.05) is 166 Å². The minimum absolute atomic E-state index is 0.980. The molecule has 0 radical (unpaired) electrons. The zero-order valence-corrected chi connectivity index (χ0v) is 67.6. The van der Waals surface area contributed by atoms with Crippen LogP contribution in [0.15, 0.2) is 414 Å². The topological polar surface area (TPSA) is 168 Å². The van der Waals surface area contributed by atoms with E-state index in [0.29, 0.717) is 0 Å². The fourth-order valence-electron chi connectivity index (χ4n) is 11.4. The molecule has 13 aromatic heterocycles. The zero-order valence-electron chi connectivity index (χ0n) is 67.6. The molecule has 18 aromatic rings. The lowest BCUT2D eigenvalue weighted by Gasteiger charge is -2.00. The molecular formula is C104H95N13. The number of pyridine rings is 13. The third-order valence-electron chi connectivity index (χ3n) is 17.5.